The van der Waals surface area contributed by atoms with Crippen molar-refractivity contribution in [2.75, 3.05) is 24.8 Å². The molecule has 2 rings (SSSR count). The Morgan fingerprint density at radius 1 is 1.35 bits per heavy atom. The molecule has 1 aliphatic carbocycles. The minimum atomic E-state index is 0.428. The zero-order valence-electron chi connectivity index (χ0n) is 10.7. The number of aromatic nitrogens is 2. The predicted molar refractivity (Wildman–Crippen MR) is 68.6 cm³/mol. The van der Waals surface area contributed by atoms with Crippen molar-refractivity contribution in [2.24, 2.45) is 5.92 Å². The summed E-state index contributed by atoms with van der Waals surface area (Å²) in [6, 6.07) is 0.428. The number of rotatable bonds is 5. The standard InChI is InChI=1S/C12H20N4O/c1-8(9-5-4-6-9)16-12-10(17-3)11(13-2)14-7-15-12/h7-9H,4-6H2,1-3H3,(H2,13,14,15,16). The van der Waals surface area contributed by atoms with Crippen LogP contribution in [-0.2, 0) is 0 Å². The molecule has 0 aliphatic heterocycles. The molecule has 5 nitrogen and oxygen atoms in total. The van der Waals surface area contributed by atoms with Gasteiger partial charge in [-0.25, -0.2) is 9.97 Å². The Morgan fingerprint density at radius 2 is 2.06 bits per heavy atom. The maximum absolute atomic E-state index is 5.35. The summed E-state index contributed by atoms with van der Waals surface area (Å²) in [6.07, 6.45) is 5.50. The van der Waals surface area contributed by atoms with E-state index < -0.39 is 0 Å². The molecule has 94 valence electrons. The monoisotopic (exact) mass is 236 g/mol. The lowest BCUT2D eigenvalue weighted by atomic mass is 9.80. The van der Waals surface area contributed by atoms with Gasteiger partial charge in [-0.05, 0) is 25.7 Å². The molecule has 0 spiro atoms. The summed E-state index contributed by atoms with van der Waals surface area (Å²) in [7, 11) is 3.46. The van der Waals surface area contributed by atoms with Crippen molar-refractivity contribution in [1.82, 2.24) is 9.97 Å². The van der Waals surface area contributed by atoms with E-state index in [0.29, 0.717) is 17.6 Å². The molecule has 1 aromatic heterocycles. The fourth-order valence-electron chi connectivity index (χ4n) is 2.12. The highest BCUT2D eigenvalue weighted by Gasteiger charge is 2.25. The van der Waals surface area contributed by atoms with Crippen LogP contribution in [0, 0.1) is 5.92 Å². The summed E-state index contributed by atoms with van der Waals surface area (Å²) >= 11 is 0. The van der Waals surface area contributed by atoms with Crippen LogP contribution in [-0.4, -0.2) is 30.2 Å². The Hall–Kier alpha value is -1.52. The van der Waals surface area contributed by atoms with Crippen molar-refractivity contribution in [3.8, 4) is 5.75 Å². The Labute approximate surface area is 102 Å². The molecule has 1 aromatic rings. The zero-order chi connectivity index (χ0) is 12.3. The van der Waals surface area contributed by atoms with E-state index in [-0.39, 0.29) is 0 Å². The first-order valence-corrected chi connectivity index (χ1v) is 6.09. The van der Waals surface area contributed by atoms with Gasteiger partial charge in [0.2, 0.25) is 5.75 Å². The summed E-state index contributed by atoms with van der Waals surface area (Å²) in [6.45, 7) is 2.20. The molecular formula is C12H20N4O. The second kappa shape index (κ2) is 5.21. The third-order valence-electron chi connectivity index (χ3n) is 3.47. The summed E-state index contributed by atoms with van der Waals surface area (Å²) in [5.41, 5.74) is 0. The van der Waals surface area contributed by atoms with Gasteiger partial charge in [0.25, 0.3) is 0 Å². The van der Waals surface area contributed by atoms with Crippen LogP contribution >= 0.6 is 0 Å². The van der Waals surface area contributed by atoms with Gasteiger partial charge in [-0.2, -0.15) is 0 Å². The summed E-state index contributed by atoms with van der Waals surface area (Å²) in [5, 5.41) is 6.42. The molecule has 1 fully saturated rings. The minimum Gasteiger partial charge on any atom is -0.490 e. The highest BCUT2D eigenvalue weighted by molar-refractivity contribution is 5.63. The molecule has 1 aliphatic rings. The third-order valence-corrected chi connectivity index (χ3v) is 3.47. The summed E-state index contributed by atoms with van der Waals surface area (Å²) in [4.78, 5) is 8.38. The van der Waals surface area contributed by atoms with Crippen LogP contribution < -0.4 is 15.4 Å². The van der Waals surface area contributed by atoms with E-state index in [0.717, 1.165) is 11.7 Å². The number of anilines is 2. The quantitative estimate of drug-likeness (QED) is 0.820. The molecule has 1 unspecified atom stereocenters. The first-order valence-electron chi connectivity index (χ1n) is 6.09. The second-order valence-electron chi connectivity index (χ2n) is 4.48. The number of hydrogen-bond acceptors (Lipinski definition) is 5. The Balaban J connectivity index is 2.13. The molecule has 0 bridgehead atoms. The van der Waals surface area contributed by atoms with Gasteiger partial charge in [0.1, 0.15) is 6.33 Å². The Kier molecular flexibility index (Phi) is 3.66. The summed E-state index contributed by atoms with van der Waals surface area (Å²) in [5.74, 6) is 2.92. The van der Waals surface area contributed by atoms with E-state index in [1.165, 1.54) is 19.3 Å². The fourth-order valence-corrected chi connectivity index (χ4v) is 2.12. The van der Waals surface area contributed by atoms with Crippen molar-refractivity contribution in [3.63, 3.8) is 0 Å². The number of ether oxygens (including phenoxy) is 1. The van der Waals surface area contributed by atoms with Gasteiger partial charge < -0.3 is 15.4 Å². The van der Waals surface area contributed by atoms with Crippen LogP contribution in [0.2, 0.25) is 0 Å². The average molecular weight is 236 g/mol. The predicted octanol–water partition coefficient (Wildman–Crippen LogP) is 2.13. The van der Waals surface area contributed by atoms with Crippen LogP contribution in [0.1, 0.15) is 26.2 Å². The largest absolute Gasteiger partial charge is 0.490 e. The molecular weight excluding hydrogens is 216 g/mol. The highest BCUT2D eigenvalue weighted by atomic mass is 16.5. The molecule has 1 saturated carbocycles. The number of nitrogens with one attached hydrogen (secondary N) is 2. The molecule has 0 amide bonds. The number of nitrogens with zero attached hydrogens (tertiary/aromatic N) is 2. The van der Waals surface area contributed by atoms with Crippen molar-refractivity contribution in [1.29, 1.82) is 0 Å². The van der Waals surface area contributed by atoms with Crippen molar-refractivity contribution in [2.45, 2.75) is 32.2 Å². The van der Waals surface area contributed by atoms with Gasteiger partial charge in [0, 0.05) is 13.1 Å². The minimum absolute atomic E-state index is 0.428. The third kappa shape index (κ3) is 2.43. The van der Waals surface area contributed by atoms with Crippen LogP contribution in [0.5, 0.6) is 5.75 Å². The maximum Gasteiger partial charge on any atom is 0.204 e. The molecule has 1 heterocycles. The van der Waals surface area contributed by atoms with E-state index in [1.54, 1.807) is 13.4 Å². The molecule has 1 atom stereocenters. The van der Waals surface area contributed by atoms with Crippen LogP contribution in [0.4, 0.5) is 11.6 Å². The van der Waals surface area contributed by atoms with Gasteiger partial charge in [0.15, 0.2) is 11.6 Å². The summed E-state index contributed by atoms with van der Waals surface area (Å²) < 4.78 is 5.35. The molecule has 2 N–H and O–H groups in total. The Morgan fingerprint density at radius 3 is 2.59 bits per heavy atom. The maximum atomic E-state index is 5.35. The molecule has 0 aromatic carbocycles. The van der Waals surface area contributed by atoms with Crippen LogP contribution in [0.25, 0.3) is 0 Å². The smallest absolute Gasteiger partial charge is 0.204 e. The van der Waals surface area contributed by atoms with E-state index in [4.69, 9.17) is 4.74 Å². The topological polar surface area (TPSA) is 59.1 Å². The Bertz CT molecular complexity index is 379. The van der Waals surface area contributed by atoms with Crippen molar-refractivity contribution >= 4 is 11.6 Å². The lowest BCUT2D eigenvalue weighted by Crippen LogP contribution is -2.31. The number of hydrogen-bond donors (Lipinski definition) is 2. The fraction of sp³-hybridized carbons (Fsp3) is 0.667. The van der Waals surface area contributed by atoms with Crippen molar-refractivity contribution < 1.29 is 4.74 Å². The van der Waals surface area contributed by atoms with E-state index in [2.05, 4.69) is 27.5 Å². The lowest BCUT2D eigenvalue weighted by molar-refractivity contribution is 0.284. The molecule has 0 saturated heterocycles. The van der Waals surface area contributed by atoms with Crippen LogP contribution in [0.15, 0.2) is 6.33 Å². The van der Waals surface area contributed by atoms with E-state index >= 15 is 0 Å². The van der Waals surface area contributed by atoms with Gasteiger partial charge in [-0.15, -0.1) is 0 Å². The molecule has 0 radical (unpaired) electrons. The molecule has 5 heteroatoms. The first kappa shape index (κ1) is 12.0. The van der Waals surface area contributed by atoms with Gasteiger partial charge in [-0.3, -0.25) is 0 Å². The number of methoxy groups -OCH3 is 1. The highest BCUT2D eigenvalue weighted by Crippen LogP contribution is 2.34. The van der Waals surface area contributed by atoms with Gasteiger partial charge in [-0.1, -0.05) is 6.42 Å². The van der Waals surface area contributed by atoms with Gasteiger partial charge >= 0.3 is 0 Å². The average Bonchev–Trinajstić information content (AvgIpc) is 2.26. The molecule has 17 heavy (non-hydrogen) atoms. The normalized spacial score (nSPS) is 17.1. The van der Waals surface area contributed by atoms with E-state index in [9.17, 15) is 0 Å². The van der Waals surface area contributed by atoms with E-state index in [1.807, 2.05) is 7.05 Å². The SMILES string of the molecule is CNc1ncnc(NC(C)C2CCC2)c1OC. The lowest BCUT2D eigenvalue weighted by Gasteiger charge is -2.32. The first-order chi connectivity index (χ1) is 8.26. The van der Waals surface area contributed by atoms with Crippen LogP contribution in [0.3, 0.4) is 0 Å². The zero-order valence-corrected chi connectivity index (χ0v) is 10.7. The second-order valence-corrected chi connectivity index (χ2v) is 4.48. The van der Waals surface area contributed by atoms with Crippen molar-refractivity contribution in [3.05, 3.63) is 6.33 Å². The van der Waals surface area contributed by atoms with Gasteiger partial charge in [0.05, 0.1) is 7.11 Å².